The molecule has 0 fully saturated rings. The Morgan fingerprint density at radius 2 is 2.05 bits per heavy atom. The van der Waals surface area contributed by atoms with Gasteiger partial charge in [-0.2, -0.15) is 0 Å². The maximum absolute atomic E-state index is 12.1. The van der Waals surface area contributed by atoms with Gasteiger partial charge in [0, 0.05) is 23.7 Å². The predicted molar refractivity (Wildman–Crippen MR) is 87.1 cm³/mol. The van der Waals surface area contributed by atoms with Crippen LogP contribution in [0.2, 0.25) is 5.02 Å². The summed E-state index contributed by atoms with van der Waals surface area (Å²) < 4.78 is 5.25. The Morgan fingerprint density at radius 1 is 1.38 bits per heavy atom. The molecule has 0 spiro atoms. The molecule has 4 nitrogen and oxygen atoms in total. The lowest BCUT2D eigenvalue weighted by atomic mass is 9.93. The summed E-state index contributed by atoms with van der Waals surface area (Å²) in [5, 5.41) is 3.59. The molecule has 0 heterocycles. The summed E-state index contributed by atoms with van der Waals surface area (Å²) in [5.41, 5.74) is 0.824. The van der Waals surface area contributed by atoms with Crippen LogP contribution in [0.1, 0.15) is 19.4 Å². The van der Waals surface area contributed by atoms with Gasteiger partial charge in [0.05, 0.1) is 13.5 Å². The average molecular weight is 313 g/mol. The number of ether oxygens (including phenoxy) is 1. The quantitative estimate of drug-likeness (QED) is 0.841. The number of carbonyl (C=O) groups is 1. The van der Waals surface area contributed by atoms with E-state index >= 15 is 0 Å². The van der Waals surface area contributed by atoms with Crippen LogP contribution in [-0.4, -0.2) is 45.1 Å². The highest BCUT2D eigenvalue weighted by molar-refractivity contribution is 6.30. The molecule has 21 heavy (non-hydrogen) atoms. The van der Waals surface area contributed by atoms with Gasteiger partial charge >= 0.3 is 0 Å². The standard InChI is InChI=1S/C16H25ClN2O2/c1-16(2,11-19(3)4)10-18-15(20)9-12-8-13(17)6-7-14(12)21-5/h6-8H,9-11H2,1-5H3,(H,18,20). The second-order valence-electron chi connectivity index (χ2n) is 6.31. The van der Waals surface area contributed by atoms with E-state index in [0.717, 1.165) is 12.1 Å². The maximum atomic E-state index is 12.1. The van der Waals surface area contributed by atoms with Crippen molar-refractivity contribution in [3.63, 3.8) is 0 Å². The first-order chi connectivity index (χ1) is 9.73. The number of halogens is 1. The molecule has 0 aliphatic carbocycles. The Balaban J connectivity index is 2.60. The molecule has 0 unspecified atom stereocenters. The molecule has 1 aromatic carbocycles. The average Bonchev–Trinajstić information content (AvgIpc) is 2.35. The number of benzene rings is 1. The monoisotopic (exact) mass is 312 g/mol. The Bertz CT molecular complexity index is 487. The van der Waals surface area contributed by atoms with Gasteiger partial charge in [0.15, 0.2) is 0 Å². The highest BCUT2D eigenvalue weighted by Gasteiger charge is 2.20. The topological polar surface area (TPSA) is 41.6 Å². The summed E-state index contributed by atoms with van der Waals surface area (Å²) in [6.07, 6.45) is 0.266. The molecule has 118 valence electrons. The fraction of sp³-hybridized carbons (Fsp3) is 0.562. The Morgan fingerprint density at radius 3 is 2.62 bits per heavy atom. The van der Waals surface area contributed by atoms with E-state index in [-0.39, 0.29) is 17.7 Å². The van der Waals surface area contributed by atoms with Gasteiger partial charge in [0.25, 0.3) is 0 Å². The van der Waals surface area contributed by atoms with Gasteiger partial charge in [-0.3, -0.25) is 4.79 Å². The predicted octanol–water partition coefficient (Wildman–Crippen LogP) is 2.60. The first-order valence-electron chi connectivity index (χ1n) is 6.97. The highest BCUT2D eigenvalue weighted by atomic mass is 35.5. The molecule has 1 aromatic rings. The van der Waals surface area contributed by atoms with Crippen LogP contribution in [0.15, 0.2) is 18.2 Å². The number of nitrogens with zero attached hydrogens (tertiary/aromatic N) is 1. The van der Waals surface area contributed by atoms with Crippen LogP contribution in [0.4, 0.5) is 0 Å². The summed E-state index contributed by atoms with van der Waals surface area (Å²) in [6, 6.07) is 5.30. The smallest absolute Gasteiger partial charge is 0.224 e. The van der Waals surface area contributed by atoms with Crippen molar-refractivity contribution in [3.8, 4) is 5.75 Å². The first-order valence-corrected chi connectivity index (χ1v) is 7.35. The van der Waals surface area contributed by atoms with Gasteiger partial charge in [-0.25, -0.2) is 0 Å². The molecule has 1 N–H and O–H groups in total. The lowest BCUT2D eigenvalue weighted by molar-refractivity contribution is -0.120. The van der Waals surface area contributed by atoms with E-state index in [1.807, 2.05) is 14.1 Å². The van der Waals surface area contributed by atoms with Crippen molar-refractivity contribution in [1.82, 2.24) is 10.2 Å². The number of carbonyl (C=O) groups excluding carboxylic acids is 1. The lowest BCUT2D eigenvalue weighted by Gasteiger charge is -2.28. The summed E-state index contributed by atoms with van der Waals surface area (Å²) in [4.78, 5) is 14.2. The zero-order chi connectivity index (χ0) is 16.0. The third kappa shape index (κ3) is 6.36. The third-order valence-electron chi connectivity index (χ3n) is 3.10. The van der Waals surface area contributed by atoms with Gasteiger partial charge in [-0.05, 0) is 37.7 Å². The number of rotatable bonds is 7. The fourth-order valence-electron chi connectivity index (χ4n) is 2.37. The van der Waals surface area contributed by atoms with Crippen molar-refractivity contribution in [2.24, 2.45) is 5.41 Å². The maximum Gasteiger partial charge on any atom is 0.224 e. The molecule has 0 bridgehead atoms. The molecule has 0 aliphatic rings. The lowest BCUT2D eigenvalue weighted by Crippen LogP contribution is -2.40. The van der Waals surface area contributed by atoms with Crippen LogP contribution in [0.3, 0.4) is 0 Å². The van der Waals surface area contributed by atoms with Crippen LogP contribution >= 0.6 is 11.6 Å². The summed E-state index contributed by atoms with van der Waals surface area (Å²) >= 11 is 5.97. The molecule has 0 aliphatic heterocycles. The molecule has 0 radical (unpaired) electrons. The molecule has 0 atom stereocenters. The minimum atomic E-state index is -0.0256. The van der Waals surface area contributed by atoms with Gasteiger partial charge < -0.3 is 15.0 Å². The van der Waals surface area contributed by atoms with E-state index in [1.165, 1.54) is 0 Å². The molecule has 1 rings (SSSR count). The number of hydrogen-bond donors (Lipinski definition) is 1. The number of nitrogens with one attached hydrogen (secondary N) is 1. The Labute approximate surface area is 132 Å². The van der Waals surface area contributed by atoms with Gasteiger partial charge in [-0.15, -0.1) is 0 Å². The second-order valence-corrected chi connectivity index (χ2v) is 6.75. The largest absolute Gasteiger partial charge is 0.496 e. The van der Waals surface area contributed by atoms with Crippen LogP contribution in [-0.2, 0) is 11.2 Å². The van der Waals surface area contributed by atoms with Gasteiger partial charge in [0.2, 0.25) is 5.91 Å². The molecular weight excluding hydrogens is 288 g/mol. The SMILES string of the molecule is COc1ccc(Cl)cc1CC(=O)NCC(C)(C)CN(C)C. The summed E-state index contributed by atoms with van der Waals surface area (Å²) in [6.45, 7) is 5.81. The molecule has 5 heteroatoms. The molecule has 0 saturated heterocycles. The van der Waals surface area contributed by atoms with Crippen molar-refractivity contribution in [2.75, 3.05) is 34.3 Å². The van der Waals surface area contributed by atoms with Crippen LogP contribution in [0.5, 0.6) is 5.75 Å². The first kappa shape index (κ1) is 17.8. The number of methoxy groups -OCH3 is 1. The number of amides is 1. The van der Waals surface area contributed by atoms with Crippen molar-refractivity contribution in [2.45, 2.75) is 20.3 Å². The molecule has 1 amide bonds. The van der Waals surface area contributed by atoms with Crippen LogP contribution in [0, 0.1) is 5.41 Å². The fourth-order valence-corrected chi connectivity index (χ4v) is 2.57. The van der Waals surface area contributed by atoms with E-state index in [0.29, 0.717) is 17.3 Å². The van der Waals surface area contributed by atoms with Crippen LogP contribution < -0.4 is 10.1 Å². The summed E-state index contributed by atoms with van der Waals surface area (Å²) in [7, 11) is 5.64. The Hall–Kier alpha value is -1.26. The van der Waals surface area contributed by atoms with E-state index in [2.05, 4.69) is 24.1 Å². The summed E-state index contributed by atoms with van der Waals surface area (Å²) in [5.74, 6) is 0.657. The van der Waals surface area contributed by atoms with Gasteiger partial charge in [-0.1, -0.05) is 25.4 Å². The molecule has 0 saturated carbocycles. The van der Waals surface area contributed by atoms with Crippen molar-refractivity contribution in [3.05, 3.63) is 28.8 Å². The second kappa shape index (κ2) is 7.66. The zero-order valence-corrected chi connectivity index (χ0v) is 14.3. The molecule has 0 aromatic heterocycles. The normalized spacial score (nSPS) is 11.6. The minimum Gasteiger partial charge on any atom is -0.496 e. The number of hydrogen-bond acceptors (Lipinski definition) is 3. The van der Waals surface area contributed by atoms with Crippen molar-refractivity contribution < 1.29 is 9.53 Å². The molecular formula is C16H25ClN2O2. The van der Waals surface area contributed by atoms with Crippen molar-refractivity contribution >= 4 is 17.5 Å². The van der Waals surface area contributed by atoms with E-state index in [1.54, 1.807) is 25.3 Å². The van der Waals surface area contributed by atoms with E-state index in [9.17, 15) is 4.79 Å². The van der Waals surface area contributed by atoms with Gasteiger partial charge in [0.1, 0.15) is 5.75 Å². The highest BCUT2D eigenvalue weighted by Crippen LogP contribution is 2.23. The van der Waals surface area contributed by atoms with E-state index in [4.69, 9.17) is 16.3 Å². The Kier molecular flexibility index (Phi) is 6.49. The zero-order valence-electron chi connectivity index (χ0n) is 13.5. The third-order valence-corrected chi connectivity index (χ3v) is 3.34. The van der Waals surface area contributed by atoms with E-state index < -0.39 is 0 Å². The van der Waals surface area contributed by atoms with Crippen LogP contribution in [0.25, 0.3) is 0 Å². The minimum absolute atomic E-state index is 0.0254. The van der Waals surface area contributed by atoms with Crippen molar-refractivity contribution in [1.29, 1.82) is 0 Å².